The Labute approximate surface area is 197 Å². The predicted octanol–water partition coefficient (Wildman–Crippen LogP) is 1.49. The number of rotatable bonds is 8. The van der Waals surface area contributed by atoms with E-state index in [2.05, 4.69) is 16.0 Å². The van der Waals surface area contributed by atoms with Gasteiger partial charge in [-0.15, -0.1) is 0 Å². The molecule has 3 amide bonds. The van der Waals surface area contributed by atoms with Gasteiger partial charge in [-0.25, -0.2) is 8.42 Å². The van der Waals surface area contributed by atoms with Crippen LogP contribution >= 0.6 is 0 Å². The van der Waals surface area contributed by atoms with Crippen LogP contribution in [0.15, 0.2) is 47.4 Å². The molecule has 0 aromatic heterocycles. The van der Waals surface area contributed by atoms with Crippen molar-refractivity contribution in [1.82, 2.24) is 9.62 Å². The van der Waals surface area contributed by atoms with Gasteiger partial charge in [-0.3, -0.25) is 14.4 Å². The first-order chi connectivity index (χ1) is 16.3. The van der Waals surface area contributed by atoms with Gasteiger partial charge in [0.25, 0.3) is 0 Å². The second-order valence-corrected chi connectivity index (χ2v) is 10.0. The molecule has 2 aliphatic rings. The lowest BCUT2D eigenvalue weighted by molar-refractivity contribution is -0.122. The van der Waals surface area contributed by atoms with Crippen LogP contribution in [-0.4, -0.2) is 56.7 Å². The Morgan fingerprint density at radius 3 is 2.76 bits per heavy atom. The average Bonchev–Trinajstić information content (AvgIpc) is 2.82. The summed E-state index contributed by atoms with van der Waals surface area (Å²) >= 11 is 0. The monoisotopic (exact) mass is 486 g/mol. The van der Waals surface area contributed by atoms with Crippen LogP contribution in [0.5, 0.6) is 5.75 Å². The zero-order valence-corrected chi connectivity index (χ0v) is 19.3. The van der Waals surface area contributed by atoms with E-state index >= 15 is 0 Å². The maximum absolute atomic E-state index is 12.8. The molecule has 2 aliphatic heterocycles. The Morgan fingerprint density at radius 1 is 1.09 bits per heavy atom. The Morgan fingerprint density at radius 2 is 1.94 bits per heavy atom. The third kappa shape index (κ3) is 5.72. The lowest BCUT2D eigenvalue weighted by Gasteiger charge is -2.26. The number of nitrogens with one attached hydrogen (secondary N) is 3. The van der Waals surface area contributed by atoms with Crippen molar-refractivity contribution in [2.24, 2.45) is 0 Å². The second-order valence-electron chi connectivity index (χ2n) is 8.08. The number of anilines is 2. The molecule has 1 saturated heterocycles. The van der Waals surface area contributed by atoms with Crippen molar-refractivity contribution in [3.05, 3.63) is 48.0 Å². The Hall–Kier alpha value is -3.44. The van der Waals surface area contributed by atoms with Crippen LogP contribution in [-0.2, 0) is 30.8 Å². The van der Waals surface area contributed by atoms with Gasteiger partial charge < -0.3 is 20.7 Å². The molecule has 2 aromatic rings. The molecule has 0 radical (unpaired) electrons. The first kappa shape index (κ1) is 23.7. The molecule has 2 aromatic carbocycles. The van der Waals surface area contributed by atoms with Gasteiger partial charge in [0.1, 0.15) is 5.75 Å². The summed E-state index contributed by atoms with van der Waals surface area (Å²) in [6, 6.07) is 11.5. The second kappa shape index (κ2) is 10.2. The molecule has 0 unspecified atom stereocenters. The molecular weight excluding hydrogens is 460 g/mol. The quantitative estimate of drug-likeness (QED) is 0.484. The molecule has 0 aliphatic carbocycles. The first-order valence-corrected chi connectivity index (χ1v) is 12.5. The van der Waals surface area contributed by atoms with Gasteiger partial charge in [-0.05, 0) is 54.8 Å². The van der Waals surface area contributed by atoms with Crippen molar-refractivity contribution in [1.29, 1.82) is 0 Å². The number of aryl methyl sites for hydroxylation is 1. The lowest BCUT2D eigenvalue weighted by Crippen LogP contribution is -2.49. The zero-order valence-electron chi connectivity index (χ0n) is 18.5. The number of carbonyl (C=O) groups excluding carboxylic acids is 3. The molecule has 0 bridgehead atoms. The van der Waals surface area contributed by atoms with Crippen LogP contribution in [0.4, 0.5) is 11.4 Å². The van der Waals surface area contributed by atoms with E-state index in [0.29, 0.717) is 37.3 Å². The van der Waals surface area contributed by atoms with Crippen LogP contribution in [0.3, 0.4) is 0 Å². The maximum Gasteiger partial charge on any atom is 0.243 e. The first-order valence-electron chi connectivity index (χ1n) is 11.0. The van der Waals surface area contributed by atoms with E-state index in [1.165, 1.54) is 12.1 Å². The Bertz CT molecular complexity index is 1210. The van der Waals surface area contributed by atoms with Gasteiger partial charge in [-0.2, -0.15) is 4.31 Å². The smallest absolute Gasteiger partial charge is 0.243 e. The predicted molar refractivity (Wildman–Crippen MR) is 125 cm³/mol. The van der Waals surface area contributed by atoms with Crippen LogP contribution in [0.2, 0.25) is 0 Å². The number of piperazine rings is 1. The van der Waals surface area contributed by atoms with Crippen molar-refractivity contribution in [3.8, 4) is 5.75 Å². The normalized spacial score (nSPS) is 16.2. The topological polar surface area (TPSA) is 134 Å². The fraction of sp³-hybridized carbons (Fsp3) is 0.348. The molecule has 180 valence electrons. The van der Waals surface area contributed by atoms with E-state index < -0.39 is 10.0 Å². The van der Waals surface area contributed by atoms with Crippen LogP contribution in [0, 0.1) is 0 Å². The van der Waals surface area contributed by atoms with Gasteiger partial charge in [-0.1, -0.05) is 6.07 Å². The van der Waals surface area contributed by atoms with Crippen molar-refractivity contribution in [2.45, 2.75) is 30.6 Å². The highest BCUT2D eigenvalue weighted by molar-refractivity contribution is 7.89. The largest absolute Gasteiger partial charge is 0.494 e. The standard InChI is InChI=1S/C23H26N4O6S/c28-21(5-2-12-33-18-7-8-20-16(13-18)6-9-22(29)26-20)25-17-3-1-4-19(14-17)34(31,32)27-11-10-24-23(30)15-27/h1,3-4,7-8,13-14H,2,5-6,9-12,15H2,(H,24,30)(H,25,28)(H,26,29). The summed E-state index contributed by atoms with van der Waals surface area (Å²) in [6.07, 6.45) is 1.79. The van der Waals surface area contributed by atoms with Crippen molar-refractivity contribution >= 4 is 39.1 Å². The number of nitrogens with zero attached hydrogens (tertiary/aromatic N) is 1. The summed E-state index contributed by atoms with van der Waals surface area (Å²) in [6.45, 7) is 0.573. The average molecular weight is 487 g/mol. The minimum Gasteiger partial charge on any atom is -0.494 e. The Kier molecular flexibility index (Phi) is 7.13. The number of amides is 3. The van der Waals surface area contributed by atoms with E-state index in [1.54, 1.807) is 18.2 Å². The Balaban J connectivity index is 1.27. The molecule has 4 rings (SSSR count). The van der Waals surface area contributed by atoms with E-state index in [1.807, 2.05) is 12.1 Å². The fourth-order valence-electron chi connectivity index (χ4n) is 3.80. The number of sulfonamides is 1. The van der Waals surface area contributed by atoms with Gasteiger partial charge in [0.05, 0.1) is 18.0 Å². The SMILES string of the molecule is O=C1CN(S(=O)(=O)c2cccc(NC(=O)CCCOc3ccc4c(c3)CCC(=O)N4)c2)CCN1. The molecule has 2 heterocycles. The van der Waals surface area contributed by atoms with Gasteiger partial charge in [0.2, 0.25) is 27.7 Å². The molecular formula is C23H26N4O6S. The van der Waals surface area contributed by atoms with Gasteiger partial charge >= 0.3 is 0 Å². The van der Waals surface area contributed by atoms with E-state index in [-0.39, 0.29) is 48.7 Å². The summed E-state index contributed by atoms with van der Waals surface area (Å²) in [7, 11) is -3.84. The summed E-state index contributed by atoms with van der Waals surface area (Å²) in [5.74, 6) is 0.0844. The summed E-state index contributed by atoms with van der Waals surface area (Å²) < 4.78 is 32.5. The van der Waals surface area contributed by atoms with Crippen LogP contribution in [0.1, 0.15) is 24.8 Å². The maximum atomic E-state index is 12.8. The van der Waals surface area contributed by atoms with Gasteiger partial charge in [0.15, 0.2) is 0 Å². The molecule has 10 nitrogen and oxygen atoms in total. The molecule has 1 fully saturated rings. The highest BCUT2D eigenvalue weighted by Gasteiger charge is 2.29. The van der Waals surface area contributed by atoms with Crippen LogP contribution < -0.4 is 20.7 Å². The number of carbonyl (C=O) groups is 3. The highest BCUT2D eigenvalue weighted by Crippen LogP contribution is 2.27. The van der Waals surface area contributed by atoms with Crippen molar-refractivity contribution in [2.75, 3.05) is 36.9 Å². The summed E-state index contributed by atoms with van der Waals surface area (Å²) in [5.41, 5.74) is 2.19. The van der Waals surface area contributed by atoms with Crippen molar-refractivity contribution < 1.29 is 27.5 Å². The molecule has 0 saturated carbocycles. The van der Waals surface area contributed by atoms with E-state index in [9.17, 15) is 22.8 Å². The third-order valence-corrected chi connectivity index (χ3v) is 7.39. The molecule has 34 heavy (non-hydrogen) atoms. The summed E-state index contributed by atoms with van der Waals surface area (Å²) in [5, 5.41) is 8.13. The molecule has 0 spiro atoms. The zero-order chi connectivity index (χ0) is 24.1. The minimum absolute atomic E-state index is 0.00853. The highest BCUT2D eigenvalue weighted by atomic mass is 32.2. The minimum atomic E-state index is -3.84. The number of hydrogen-bond donors (Lipinski definition) is 3. The van der Waals surface area contributed by atoms with Gasteiger partial charge in [0, 0.05) is 37.3 Å². The number of fused-ring (bicyclic) bond motifs is 1. The number of ether oxygens (including phenoxy) is 1. The fourth-order valence-corrected chi connectivity index (χ4v) is 5.24. The number of hydrogen-bond acceptors (Lipinski definition) is 6. The van der Waals surface area contributed by atoms with E-state index in [0.717, 1.165) is 15.6 Å². The molecule has 11 heteroatoms. The number of benzene rings is 2. The lowest BCUT2D eigenvalue weighted by atomic mass is 10.0. The molecule has 3 N–H and O–H groups in total. The van der Waals surface area contributed by atoms with E-state index in [4.69, 9.17) is 4.74 Å². The summed E-state index contributed by atoms with van der Waals surface area (Å²) in [4.78, 5) is 35.3. The van der Waals surface area contributed by atoms with Crippen molar-refractivity contribution in [3.63, 3.8) is 0 Å². The van der Waals surface area contributed by atoms with Crippen LogP contribution in [0.25, 0.3) is 0 Å². The third-order valence-electron chi connectivity index (χ3n) is 5.55. The molecule has 0 atom stereocenters.